The van der Waals surface area contributed by atoms with Crippen molar-refractivity contribution in [3.8, 4) is 17.1 Å². The van der Waals surface area contributed by atoms with Crippen molar-refractivity contribution in [2.45, 2.75) is 26.0 Å². The van der Waals surface area contributed by atoms with Crippen LogP contribution in [0.5, 0.6) is 5.75 Å². The second kappa shape index (κ2) is 9.12. The first-order valence-electron chi connectivity index (χ1n) is 8.66. The number of hydrogen-bond donors (Lipinski definition) is 1. The van der Waals surface area contributed by atoms with Crippen LogP contribution < -0.4 is 10.1 Å². The smallest absolute Gasteiger partial charge is 0.387 e. The number of amides is 1. The van der Waals surface area contributed by atoms with Crippen LogP contribution in [0.3, 0.4) is 0 Å². The number of nitrogens with one attached hydrogen (secondary N) is 1. The van der Waals surface area contributed by atoms with Crippen LogP contribution in [0.4, 0.5) is 13.2 Å². The quantitative estimate of drug-likeness (QED) is 0.594. The van der Waals surface area contributed by atoms with E-state index >= 15 is 0 Å². The first-order valence-corrected chi connectivity index (χ1v) is 8.66. The van der Waals surface area contributed by atoms with Crippen LogP contribution in [0.2, 0.25) is 0 Å². The number of benzene rings is 2. The molecule has 0 aliphatic carbocycles. The van der Waals surface area contributed by atoms with E-state index in [4.69, 9.17) is 4.42 Å². The molecule has 1 heterocycles. The third-order valence-corrected chi connectivity index (χ3v) is 4.06. The third kappa shape index (κ3) is 5.16. The molecule has 1 aromatic heterocycles. The molecular formula is C21H18F3NO3. The van der Waals surface area contributed by atoms with Crippen molar-refractivity contribution in [1.82, 2.24) is 5.32 Å². The maximum atomic E-state index is 13.8. The standard InChI is InChI=1S/C21H18F3NO3/c22-17-7-3-2-6-16(17)19-11-9-15(27-19)10-12-20(26)25-13-14-5-1-4-8-18(14)28-21(23)24/h1-9,11,21H,10,12-13H2,(H,25,26). The fourth-order valence-corrected chi connectivity index (χ4v) is 2.70. The second-order valence-corrected chi connectivity index (χ2v) is 6.01. The van der Waals surface area contributed by atoms with Crippen LogP contribution in [0.15, 0.2) is 65.1 Å². The van der Waals surface area contributed by atoms with Crippen LogP contribution in [0, 0.1) is 5.82 Å². The molecule has 3 aromatic rings. The van der Waals surface area contributed by atoms with Crippen LogP contribution in [-0.2, 0) is 17.8 Å². The zero-order valence-corrected chi connectivity index (χ0v) is 14.8. The lowest BCUT2D eigenvalue weighted by atomic mass is 10.1. The van der Waals surface area contributed by atoms with Gasteiger partial charge < -0.3 is 14.5 Å². The van der Waals surface area contributed by atoms with Gasteiger partial charge in [-0.3, -0.25) is 4.79 Å². The molecule has 0 spiro atoms. The predicted molar refractivity (Wildman–Crippen MR) is 97.3 cm³/mol. The van der Waals surface area contributed by atoms with E-state index < -0.39 is 6.61 Å². The number of furan rings is 1. The molecule has 28 heavy (non-hydrogen) atoms. The molecule has 7 heteroatoms. The zero-order valence-electron chi connectivity index (χ0n) is 14.8. The number of aryl methyl sites for hydroxylation is 1. The lowest BCUT2D eigenvalue weighted by Crippen LogP contribution is -2.23. The van der Waals surface area contributed by atoms with E-state index in [0.29, 0.717) is 29.1 Å². The Labute approximate surface area is 159 Å². The summed E-state index contributed by atoms with van der Waals surface area (Å²) in [6.07, 6.45) is 0.470. The number of carbonyl (C=O) groups excluding carboxylic acids is 1. The molecule has 0 saturated carbocycles. The maximum Gasteiger partial charge on any atom is 0.387 e. The molecule has 0 aliphatic rings. The zero-order chi connectivity index (χ0) is 19.9. The summed E-state index contributed by atoms with van der Waals surface area (Å²) in [6, 6.07) is 15.9. The first-order chi connectivity index (χ1) is 13.5. The average molecular weight is 389 g/mol. The van der Waals surface area contributed by atoms with Gasteiger partial charge in [0, 0.05) is 24.9 Å². The molecule has 0 aliphatic heterocycles. The number of ether oxygens (including phenoxy) is 1. The fraction of sp³-hybridized carbons (Fsp3) is 0.190. The van der Waals surface area contributed by atoms with Gasteiger partial charge in [0.25, 0.3) is 0 Å². The molecule has 3 rings (SSSR count). The van der Waals surface area contributed by atoms with Crippen LogP contribution in [0.1, 0.15) is 17.7 Å². The first kappa shape index (κ1) is 19.5. The van der Waals surface area contributed by atoms with Gasteiger partial charge in [-0.15, -0.1) is 0 Å². The molecule has 0 radical (unpaired) electrons. The Kier molecular flexibility index (Phi) is 6.37. The van der Waals surface area contributed by atoms with E-state index in [0.717, 1.165) is 0 Å². The fourth-order valence-electron chi connectivity index (χ4n) is 2.70. The van der Waals surface area contributed by atoms with Crippen LogP contribution in [-0.4, -0.2) is 12.5 Å². The summed E-state index contributed by atoms with van der Waals surface area (Å²) in [7, 11) is 0. The summed E-state index contributed by atoms with van der Waals surface area (Å²) in [5.74, 6) is 0.321. The summed E-state index contributed by atoms with van der Waals surface area (Å²) in [4.78, 5) is 12.1. The van der Waals surface area contributed by atoms with Crippen molar-refractivity contribution in [2.75, 3.05) is 0 Å². The van der Waals surface area contributed by atoms with Crippen molar-refractivity contribution in [2.24, 2.45) is 0 Å². The van der Waals surface area contributed by atoms with Gasteiger partial charge >= 0.3 is 6.61 Å². The third-order valence-electron chi connectivity index (χ3n) is 4.06. The largest absolute Gasteiger partial charge is 0.461 e. The Morgan fingerprint density at radius 1 is 1.04 bits per heavy atom. The summed E-state index contributed by atoms with van der Waals surface area (Å²) >= 11 is 0. The molecule has 1 amide bonds. The lowest BCUT2D eigenvalue weighted by Gasteiger charge is -2.11. The van der Waals surface area contributed by atoms with E-state index in [2.05, 4.69) is 10.1 Å². The van der Waals surface area contributed by atoms with Crippen LogP contribution >= 0.6 is 0 Å². The minimum Gasteiger partial charge on any atom is -0.461 e. The normalized spacial score (nSPS) is 10.9. The number of halogens is 3. The molecule has 2 aromatic carbocycles. The number of hydrogen-bond acceptors (Lipinski definition) is 3. The maximum absolute atomic E-state index is 13.8. The van der Waals surface area contributed by atoms with Gasteiger partial charge in [0.2, 0.25) is 5.91 Å². The highest BCUT2D eigenvalue weighted by molar-refractivity contribution is 5.76. The van der Waals surface area contributed by atoms with E-state index in [1.807, 2.05) is 0 Å². The van der Waals surface area contributed by atoms with Gasteiger partial charge in [-0.05, 0) is 30.3 Å². The SMILES string of the molecule is O=C(CCc1ccc(-c2ccccc2F)o1)NCc1ccccc1OC(F)F. The molecule has 146 valence electrons. The minimum atomic E-state index is -2.93. The van der Waals surface area contributed by atoms with Crippen molar-refractivity contribution in [3.63, 3.8) is 0 Å². The summed E-state index contributed by atoms with van der Waals surface area (Å²) in [6.45, 7) is -2.86. The van der Waals surface area contributed by atoms with E-state index in [1.54, 1.807) is 48.5 Å². The Hall–Kier alpha value is -3.22. The summed E-state index contributed by atoms with van der Waals surface area (Å²) in [5, 5.41) is 2.66. The van der Waals surface area contributed by atoms with Crippen molar-refractivity contribution >= 4 is 5.91 Å². The van der Waals surface area contributed by atoms with Crippen molar-refractivity contribution in [1.29, 1.82) is 0 Å². The van der Waals surface area contributed by atoms with E-state index in [9.17, 15) is 18.0 Å². The molecule has 0 unspecified atom stereocenters. The molecule has 0 saturated heterocycles. The molecule has 0 fully saturated rings. The monoisotopic (exact) mass is 389 g/mol. The number of para-hydroxylation sites is 1. The van der Waals surface area contributed by atoms with Gasteiger partial charge in [0.1, 0.15) is 23.1 Å². The van der Waals surface area contributed by atoms with Gasteiger partial charge in [0.05, 0.1) is 5.56 Å². The highest BCUT2D eigenvalue weighted by Gasteiger charge is 2.12. The second-order valence-electron chi connectivity index (χ2n) is 6.01. The number of rotatable bonds is 8. The Bertz CT molecular complexity index is 940. The number of carbonyl (C=O) groups is 1. The van der Waals surface area contributed by atoms with Gasteiger partial charge in [-0.1, -0.05) is 30.3 Å². The Morgan fingerprint density at radius 2 is 1.79 bits per heavy atom. The minimum absolute atomic E-state index is 0.0263. The summed E-state index contributed by atoms with van der Waals surface area (Å²) in [5.41, 5.74) is 0.810. The molecule has 0 bridgehead atoms. The number of alkyl halides is 2. The lowest BCUT2D eigenvalue weighted by molar-refractivity contribution is -0.121. The van der Waals surface area contributed by atoms with Gasteiger partial charge in [-0.25, -0.2) is 4.39 Å². The van der Waals surface area contributed by atoms with Gasteiger partial charge in [-0.2, -0.15) is 8.78 Å². The van der Waals surface area contributed by atoms with E-state index in [-0.39, 0.29) is 30.4 Å². The molecule has 1 N–H and O–H groups in total. The molecular weight excluding hydrogens is 371 g/mol. The Morgan fingerprint density at radius 3 is 2.57 bits per heavy atom. The van der Waals surface area contributed by atoms with Gasteiger partial charge in [0.15, 0.2) is 0 Å². The average Bonchev–Trinajstić information content (AvgIpc) is 3.14. The Balaban J connectivity index is 1.52. The highest BCUT2D eigenvalue weighted by Crippen LogP contribution is 2.25. The predicted octanol–water partition coefficient (Wildman–Crippen LogP) is 4.94. The van der Waals surface area contributed by atoms with E-state index in [1.165, 1.54) is 12.1 Å². The van der Waals surface area contributed by atoms with Crippen LogP contribution in [0.25, 0.3) is 11.3 Å². The highest BCUT2D eigenvalue weighted by atomic mass is 19.3. The topological polar surface area (TPSA) is 51.5 Å². The van der Waals surface area contributed by atoms with Crippen molar-refractivity contribution < 1.29 is 27.1 Å². The molecule has 0 atom stereocenters. The summed E-state index contributed by atoms with van der Waals surface area (Å²) < 4.78 is 48.7. The molecule has 4 nitrogen and oxygen atoms in total. The van der Waals surface area contributed by atoms with Crippen molar-refractivity contribution in [3.05, 3.63) is 77.8 Å².